The van der Waals surface area contributed by atoms with E-state index >= 15 is 0 Å². The number of hydrogen-bond acceptors (Lipinski definition) is 3. The number of nitrogens with zero attached hydrogens (tertiary/aromatic N) is 2. The lowest BCUT2D eigenvalue weighted by Gasteiger charge is -2.36. The van der Waals surface area contributed by atoms with Gasteiger partial charge in [-0.1, -0.05) is 30.3 Å². The topological polar surface area (TPSA) is 52.7 Å². The van der Waals surface area contributed by atoms with E-state index in [1.807, 2.05) is 28.0 Å². The van der Waals surface area contributed by atoms with Gasteiger partial charge in [-0.05, 0) is 31.4 Å². The average molecular weight is 329 g/mol. The lowest BCUT2D eigenvalue weighted by Crippen LogP contribution is -2.52. The molecular formula is C19H27N3O2. The molecule has 2 saturated heterocycles. The molecule has 1 unspecified atom stereocenters. The number of aryl methyl sites for hydroxylation is 1. The van der Waals surface area contributed by atoms with Crippen LogP contribution in [0.2, 0.25) is 0 Å². The molecule has 1 aromatic carbocycles. The second-order valence-corrected chi connectivity index (χ2v) is 6.73. The summed E-state index contributed by atoms with van der Waals surface area (Å²) >= 11 is 0. The first-order chi connectivity index (χ1) is 11.7. The molecule has 5 nitrogen and oxygen atoms in total. The summed E-state index contributed by atoms with van der Waals surface area (Å²) < 4.78 is 0. The van der Waals surface area contributed by atoms with Crippen LogP contribution in [0.1, 0.15) is 24.8 Å². The first-order valence-electron chi connectivity index (χ1n) is 9.05. The highest BCUT2D eigenvalue weighted by Crippen LogP contribution is 2.14. The van der Waals surface area contributed by atoms with Crippen LogP contribution < -0.4 is 5.32 Å². The number of amides is 2. The minimum Gasteiger partial charge on any atom is -0.339 e. The minimum absolute atomic E-state index is 0.137. The SMILES string of the molecule is O=C(CCCc1ccccc1)N1CCN(C(=O)C2CCNC2)CC1. The van der Waals surface area contributed by atoms with E-state index in [2.05, 4.69) is 17.4 Å². The lowest BCUT2D eigenvalue weighted by atomic mass is 10.1. The van der Waals surface area contributed by atoms with E-state index in [0.717, 1.165) is 32.4 Å². The Morgan fingerprint density at radius 1 is 1.04 bits per heavy atom. The summed E-state index contributed by atoms with van der Waals surface area (Å²) in [6.07, 6.45) is 3.36. The van der Waals surface area contributed by atoms with Gasteiger partial charge in [-0.2, -0.15) is 0 Å². The number of carbonyl (C=O) groups is 2. The van der Waals surface area contributed by atoms with Gasteiger partial charge in [0.05, 0.1) is 5.92 Å². The van der Waals surface area contributed by atoms with Crippen LogP contribution in [0.25, 0.3) is 0 Å². The van der Waals surface area contributed by atoms with Crippen LogP contribution in [0.4, 0.5) is 0 Å². The molecule has 3 rings (SSSR count). The largest absolute Gasteiger partial charge is 0.339 e. The summed E-state index contributed by atoms with van der Waals surface area (Å²) in [6.45, 7) is 4.46. The summed E-state index contributed by atoms with van der Waals surface area (Å²) in [6, 6.07) is 10.3. The predicted octanol–water partition coefficient (Wildman–Crippen LogP) is 1.29. The molecule has 5 heteroatoms. The normalized spacial score (nSPS) is 21.1. The molecule has 2 aliphatic heterocycles. The number of piperazine rings is 1. The van der Waals surface area contributed by atoms with Gasteiger partial charge in [0.1, 0.15) is 0 Å². The molecule has 0 radical (unpaired) electrons. The summed E-state index contributed by atoms with van der Waals surface area (Å²) in [5.74, 6) is 0.620. The number of carbonyl (C=O) groups excluding carboxylic acids is 2. The molecule has 1 atom stereocenters. The van der Waals surface area contributed by atoms with Crippen molar-refractivity contribution in [2.45, 2.75) is 25.7 Å². The van der Waals surface area contributed by atoms with Crippen LogP contribution >= 0.6 is 0 Å². The zero-order valence-corrected chi connectivity index (χ0v) is 14.2. The maximum absolute atomic E-state index is 12.4. The molecule has 0 aliphatic carbocycles. The third-order valence-electron chi connectivity index (χ3n) is 5.05. The maximum Gasteiger partial charge on any atom is 0.227 e. The molecule has 0 saturated carbocycles. The minimum atomic E-state index is 0.137. The van der Waals surface area contributed by atoms with E-state index in [4.69, 9.17) is 0 Å². The number of rotatable bonds is 5. The predicted molar refractivity (Wildman–Crippen MR) is 93.5 cm³/mol. The number of hydrogen-bond donors (Lipinski definition) is 1. The Morgan fingerprint density at radius 3 is 2.42 bits per heavy atom. The summed E-state index contributed by atoms with van der Waals surface area (Å²) in [5.41, 5.74) is 1.28. The molecule has 0 bridgehead atoms. The van der Waals surface area contributed by atoms with Crippen LogP contribution in [0.5, 0.6) is 0 Å². The van der Waals surface area contributed by atoms with Crippen molar-refractivity contribution < 1.29 is 9.59 Å². The van der Waals surface area contributed by atoms with Gasteiger partial charge in [-0.15, -0.1) is 0 Å². The van der Waals surface area contributed by atoms with Gasteiger partial charge in [0, 0.05) is 39.1 Å². The zero-order valence-electron chi connectivity index (χ0n) is 14.2. The molecular weight excluding hydrogens is 302 g/mol. The van der Waals surface area contributed by atoms with Crippen molar-refractivity contribution >= 4 is 11.8 Å². The summed E-state index contributed by atoms with van der Waals surface area (Å²) in [7, 11) is 0. The van der Waals surface area contributed by atoms with E-state index in [0.29, 0.717) is 32.6 Å². The molecule has 1 N–H and O–H groups in total. The smallest absolute Gasteiger partial charge is 0.227 e. The monoisotopic (exact) mass is 329 g/mol. The summed E-state index contributed by atoms with van der Waals surface area (Å²) in [4.78, 5) is 28.6. The molecule has 0 spiro atoms. The van der Waals surface area contributed by atoms with Crippen molar-refractivity contribution in [1.82, 2.24) is 15.1 Å². The van der Waals surface area contributed by atoms with Crippen LogP contribution in [0, 0.1) is 5.92 Å². The second kappa shape index (κ2) is 8.29. The fourth-order valence-electron chi connectivity index (χ4n) is 3.55. The van der Waals surface area contributed by atoms with E-state index in [-0.39, 0.29) is 17.7 Å². The Kier molecular flexibility index (Phi) is 5.86. The Labute approximate surface area is 144 Å². The van der Waals surface area contributed by atoms with Crippen LogP contribution in [0.3, 0.4) is 0 Å². The van der Waals surface area contributed by atoms with E-state index in [1.165, 1.54) is 5.56 Å². The molecule has 2 fully saturated rings. The fraction of sp³-hybridized carbons (Fsp3) is 0.579. The molecule has 1 aromatic rings. The van der Waals surface area contributed by atoms with Gasteiger partial charge < -0.3 is 15.1 Å². The highest BCUT2D eigenvalue weighted by molar-refractivity contribution is 5.80. The van der Waals surface area contributed by atoms with E-state index in [9.17, 15) is 9.59 Å². The van der Waals surface area contributed by atoms with Gasteiger partial charge >= 0.3 is 0 Å². The molecule has 0 aromatic heterocycles. The Bertz CT molecular complexity index is 547. The highest BCUT2D eigenvalue weighted by atomic mass is 16.2. The van der Waals surface area contributed by atoms with Gasteiger partial charge in [-0.25, -0.2) is 0 Å². The van der Waals surface area contributed by atoms with Gasteiger partial charge in [-0.3, -0.25) is 9.59 Å². The van der Waals surface area contributed by atoms with Crippen molar-refractivity contribution in [1.29, 1.82) is 0 Å². The Hall–Kier alpha value is -1.88. The molecule has 2 amide bonds. The lowest BCUT2D eigenvalue weighted by molar-refractivity contribution is -0.141. The number of nitrogens with one attached hydrogen (secondary N) is 1. The highest BCUT2D eigenvalue weighted by Gasteiger charge is 2.30. The van der Waals surface area contributed by atoms with Crippen LogP contribution in [-0.4, -0.2) is 60.9 Å². The number of benzene rings is 1. The second-order valence-electron chi connectivity index (χ2n) is 6.73. The first-order valence-corrected chi connectivity index (χ1v) is 9.05. The zero-order chi connectivity index (χ0) is 16.8. The standard InChI is InChI=1S/C19H27N3O2/c23-18(8-4-7-16-5-2-1-3-6-16)21-11-13-22(14-12-21)19(24)17-9-10-20-15-17/h1-3,5-6,17,20H,4,7-15H2. The molecule has 2 aliphatic rings. The van der Waals surface area contributed by atoms with Crippen molar-refractivity contribution in [3.8, 4) is 0 Å². The van der Waals surface area contributed by atoms with Crippen molar-refractivity contribution in [3.05, 3.63) is 35.9 Å². The van der Waals surface area contributed by atoms with Crippen LogP contribution in [-0.2, 0) is 16.0 Å². The van der Waals surface area contributed by atoms with E-state index < -0.39 is 0 Å². The molecule has 24 heavy (non-hydrogen) atoms. The summed E-state index contributed by atoms with van der Waals surface area (Å²) in [5, 5.41) is 3.24. The third kappa shape index (κ3) is 4.35. The average Bonchev–Trinajstić information content (AvgIpc) is 3.17. The van der Waals surface area contributed by atoms with Crippen molar-refractivity contribution in [2.75, 3.05) is 39.3 Å². The first kappa shape index (κ1) is 17.0. The third-order valence-corrected chi connectivity index (χ3v) is 5.05. The quantitative estimate of drug-likeness (QED) is 0.886. The van der Waals surface area contributed by atoms with E-state index in [1.54, 1.807) is 0 Å². The van der Waals surface area contributed by atoms with Gasteiger partial charge in [0.25, 0.3) is 0 Å². The van der Waals surface area contributed by atoms with Gasteiger partial charge in [0.2, 0.25) is 11.8 Å². The van der Waals surface area contributed by atoms with Crippen molar-refractivity contribution in [2.24, 2.45) is 5.92 Å². The maximum atomic E-state index is 12.4. The Balaban J connectivity index is 1.38. The molecule has 130 valence electrons. The fourth-order valence-corrected chi connectivity index (χ4v) is 3.55. The molecule has 2 heterocycles. The van der Waals surface area contributed by atoms with Crippen LogP contribution in [0.15, 0.2) is 30.3 Å². The van der Waals surface area contributed by atoms with Gasteiger partial charge in [0.15, 0.2) is 0 Å². The Morgan fingerprint density at radius 2 is 1.75 bits per heavy atom. The van der Waals surface area contributed by atoms with Crippen molar-refractivity contribution in [3.63, 3.8) is 0 Å².